The monoisotopic (exact) mass is 566 g/mol. The maximum absolute atomic E-state index is 13.6. The van der Waals surface area contributed by atoms with Gasteiger partial charge in [-0.25, -0.2) is 9.78 Å². The molecule has 220 valence electrons. The average molecular weight is 567 g/mol. The van der Waals surface area contributed by atoms with E-state index in [4.69, 9.17) is 9.47 Å². The molecule has 0 radical (unpaired) electrons. The molecule has 11 nitrogen and oxygen atoms in total. The Morgan fingerprint density at radius 1 is 1.05 bits per heavy atom. The second-order valence-electron chi connectivity index (χ2n) is 10.6. The number of piperazine rings is 1. The molecule has 1 aliphatic rings. The number of benzene rings is 1. The lowest BCUT2D eigenvalue weighted by atomic mass is 10.1. The summed E-state index contributed by atoms with van der Waals surface area (Å²) in [6, 6.07) is 11.6. The number of rotatable bonds is 10. The van der Waals surface area contributed by atoms with Crippen LogP contribution in [-0.2, 0) is 19.1 Å². The Bertz CT molecular complexity index is 1270. The fourth-order valence-electron chi connectivity index (χ4n) is 4.31. The van der Waals surface area contributed by atoms with Crippen molar-refractivity contribution < 1.29 is 33.8 Å². The quantitative estimate of drug-likeness (QED) is 0.327. The first-order valence-corrected chi connectivity index (χ1v) is 13.6. The molecule has 2 heterocycles. The predicted octanol–water partition coefficient (Wildman–Crippen LogP) is 3.80. The molecule has 1 fully saturated rings. The topological polar surface area (TPSA) is 138 Å². The van der Waals surface area contributed by atoms with Crippen molar-refractivity contribution in [2.45, 2.75) is 52.2 Å². The van der Waals surface area contributed by atoms with Gasteiger partial charge in [0, 0.05) is 43.7 Å². The molecule has 1 aromatic heterocycles. The van der Waals surface area contributed by atoms with E-state index in [9.17, 15) is 24.3 Å². The van der Waals surface area contributed by atoms with E-state index in [0.717, 1.165) is 5.56 Å². The molecule has 3 rings (SSSR count). The molecule has 3 amide bonds. The van der Waals surface area contributed by atoms with Gasteiger partial charge in [-0.3, -0.25) is 14.4 Å². The van der Waals surface area contributed by atoms with Crippen molar-refractivity contribution in [2.75, 3.05) is 32.8 Å². The smallest absolute Gasteiger partial charge is 0.407 e. The van der Waals surface area contributed by atoms with Crippen LogP contribution in [0.25, 0.3) is 17.0 Å². The fraction of sp³-hybridized carbons (Fsp3) is 0.433. The number of nitrogens with one attached hydrogen (secondary N) is 1. The number of nitrogens with zero attached hydrogens (tertiary/aromatic N) is 3. The van der Waals surface area contributed by atoms with Crippen LogP contribution in [0.2, 0.25) is 0 Å². The lowest BCUT2D eigenvalue weighted by molar-refractivity contribution is -0.155. The van der Waals surface area contributed by atoms with Crippen LogP contribution in [0.5, 0.6) is 0 Å². The first-order valence-electron chi connectivity index (χ1n) is 13.6. The summed E-state index contributed by atoms with van der Waals surface area (Å²) < 4.78 is 11.0. The Balaban J connectivity index is 1.87. The highest BCUT2D eigenvalue weighted by Crippen LogP contribution is 2.24. The lowest BCUT2D eigenvalue weighted by Gasteiger charge is -2.35. The maximum atomic E-state index is 13.6. The third-order valence-corrected chi connectivity index (χ3v) is 6.29. The van der Waals surface area contributed by atoms with Gasteiger partial charge in [-0.1, -0.05) is 36.9 Å². The van der Waals surface area contributed by atoms with Gasteiger partial charge in [0.05, 0.1) is 12.3 Å². The van der Waals surface area contributed by atoms with Gasteiger partial charge in [0.2, 0.25) is 5.91 Å². The zero-order chi connectivity index (χ0) is 30.2. The van der Waals surface area contributed by atoms with Crippen LogP contribution in [0, 0.1) is 0 Å². The lowest BCUT2D eigenvalue weighted by Crippen LogP contribution is -2.55. The van der Waals surface area contributed by atoms with Gasteiger partial charge in [-0.2, -0.15) is 0 Å². The molecule has 11 heteroatoms. The summed E-state index contributed by atoms with van der Waals surface area (Å²) in [5, 5.41) is 12.0. The Morgan fingerprint density at radius 2 is 1.68 bits per heavy atom. The number of esters is 1. The molecule has 0 bridgehead atoms. The van der Waals surface area contributed by atoms with E-state index >= 15 is 0 Å². The van der Waals surface area contributed by atoms with Crippen LogP contribution < -0.4 is 5.32 Å². The third-order valence-electron chi connectivity index (χ3n) is 6.29. The highest BCUT2D eigenvalue weighted by atomic mass is 16.6. The number of pyridine rings is 1. The minimum Gasteiger partial charge on any atom is -0.494 e. The van der Waals surface area contributed by atoms with Crippen LogP contribution in [0.1, 0.15) is 56.6 Å². The van der Waals surface area contributed by atoms with E-state index in [-0.39, 0.29) is 44.7 Å². The zero-order valence-corrected chi connectivity index (χ0v) is 24.0. The van der Waals surface area contributed by atoms with Gasteiger partial charge in [-0.15, -0.1) is 0 Å². The number of amides is 3. The molecule has 1 aromatic carbocycles. The highest BCUT2D eigenvalue weighted by Gasteiger charge is 2.31. The van der Waals surface area contributed by atoms with Crippen molar-refractivity contribution in [1.82, 2.24) is 20.1 Å². The van der Waals surface area contributed by atoms with Crippen LogP contribution in [0.4, 0.5) is 4.79 Å². The van der Waals surface area contributed by atoms with E-state index in [2.05, 4.69) is 16.9 Å². The Hall–Kier alpha value is -4.41. The molecular formula is C30H38N4O7. The number of carboxylic acid groups (broad SMARTS) is 1. The van der Waals surface area contributed by atoms with E-state index in [1.807, 2.05) is 37.3 Å². The van der Waals surface area contributed by atoms with Crippen LogP contribution in [-0.4, -0.2) is 88.2 Å². The van der Waals surface area contributed by atoms with Crippen molar-refractivity contribution in [3.05, 3.63) is 60.3 Å². The second-order valence-corrected chi connectivity index (χ2v) is 10.6. The maximum Gasteiger partial charge on any atom is 0.407 e. The van der Waals surface area contributed by atoms with Crippen molar-refractivity contribution in [3.63, 3.8) is 0 Å². The van der Waals surface area contributed by atoms with Crippen LogP contribution >= 0.6 is 0 Å². The Morgan fingerprint density at radius 3 is 2.27 bits per heavy atom. The Kier molecular flexibility index (Phi) is 10.5. The summed E-state index contributed by atoms with van der Waals surface area (Å²) >= 11 is 0. The van der Waals surface area contributed by atoms with E-state index in [1.54, 1.807) is 32.9 Å². The van der Waals surface area contributed by atoms with Crippen molar-refractivity contribution in [3.8, 4) is 11.3 Å². The van der Waals surface area contributed by atoms with E-state index < -0.39 is 35.5 Å². The molecule has 0 saturated carbocycles. The minimum atomic E-state index is -1.06. The van der Waals surface area contributed by atoms with E-state index in [0.29, 0.717) is 23.6 Å². The SMILES string of the molecule is C=C(OCC)c1cc(C(=O)N[C@@H](CCC(=O)OC(C)(C)C)C(=O)N2CCN(C(=O)O)CC2)nc(-c2ccccc2)c1. The first kappa shape index (κ1) is 31.1. The molecule has 2 aromatic rings. The highest BCUT2D eigenvalue weighted by molar-refractivity contribution is 5.97. The molecule has 1 atom stereocenters. The van der Waals surface area contributed by atoms with Gasteiger partial charge >= 0.3 is 12.1 Å². The molecule has 1 aliphatic heterocycles. The molecule has 1 saturated heterocycles. The first-order chi connectivity index (χ1) is 19.4. The van der Waals surface area contributed by atoms with Gasteiger partial charge in [-0.05, 0) is 46.2 Å². The van der Waals surface area contributed by atoms with Gasteiger partial charge < -0.3 is 29.7 Å². The van der Waals surface area contributed by atoms with Crippen molar-refractivity contribution in [2.24, 2.45) is 0 Å². The number of hydrogen-bond acceptors (Lipinski definition) is 7. The number of ether oxygens (including phenoxy) is 2. The molecular weight excluding hydrogens is 528 g/mol. The molecule has 41 heavy (non-hydrogen) atoms. The zero-order valence-electron chi connectivity index (χ0n) is 24.0. The number of aromatic nitrogens is 1. The largest absolute Gasteiger partial charge is 0.494 e. The molecule has 2 N–H and O–H groups in total. The average Bonchev–Trinajstić information content (AvgIpc) is 2.94. The second kappa shape index (κ2) is 13.8. The van der Waals surface area contributed by atoms with Crippen molar-refractivity contribution in [1.29, 1.82) is 0 Å². The predicted molar refractivity (Wildman–Crippen MR) is 153 cm³/mol. The number of carbonyl (C=O) groups excluding carboxylic acids is 3. The minimum absolute atomic E-state index is 0.00445. The summed E-state index contributed by atoms with van der Waals surface area (Å²) in [7, 11) is 0. The number of hydrogen-bond donors (Lipinski definition) is 2. The van der Waals surface area contributed by atoms with Crippen LogP contribution in [0.15, 0.2) is 49.0 Å². The molecule has 0 aliphatic carbocycles. The van der Waals surface area contributed by atoms with Crippen molar-refractivity contribution >= 4 is 29.6 Å². The van der Waals surface area contributed by atoms with Crippen LogP contribution in [0.3, 0.4) is 0 Å². The van der Waals surface area contributed by atoms with Gasteiger partial charge in [0.15, 0.2) is 0 Å². The van der Waals surface area contributed by atoms with Gasteiger partial charge in [0.25, 0.3) is 5.91 Å². The molecule has 0 unspecified atom stereocenters. The fourth-order valence-corrected chi connectivity index (χ4v) is 4.31. The van der Waals surface area contributed by atoms with E-state index in [1.165, 1.54) is 9.80 Å². The Labute approximate surface area is 240 Å². The number of carbonyl (C=O) groups is 4. The van der Waals surface area contributed by atoms with Gasteiger partial charge in [0.1, 0.15) is 23.1 Å². The third kappa shape index (κ3) is 9.06. The summed E-state index contributed by atoms with van der Waals surface area (Å²) in [4.78, 5) is 58.1. The summed E-state index contributed by atoms with van der Waals surface area (Å²) in [5.74, 6) is -1.15. The summed E-state index contributed by atoms with van der Waals surface area (Å²) in [5.41, 5.74) is 1.21. The summed E-state index contributed by atoms with van der Waals surface area (Å²) in [6.45, 7) is 12.1. The normalized spacial score (nSPS) is 14.1. The molecule has 0 spiro atoms. The summed E-state index contributed by atoms with van der Waals surface area (Å²) in [6.07, 6.45) is -1.16. The standard InChI is InChI=1S/C30H38N4O7/c1-6-40-20(2)22-18-24(21-10-8-7-9-11-21)31-25(19-22)27(36)32-23(12-13-26(35)41-30(3,4)5)28(37)33-14-16-34(17-15-33)29(38)39/h7-11,18-19,23H,2,6,12-17H2,1,3-5H3,(H,32,36)(H,38,39)/t23-/m0/s1.